The van der Waals surface area contributed by atoms with E-state index in [1.165, 1.54) is 0 Å². The van der Waals surface area contributed by atoms with Crippen molar-refractivity contribution in [2.45, 2.75) is 71.0 Å². The molecule has 1 aliphatic carbocycles. The van der Waals surface area contributed by atoms with E-state index in [2.05, 4.69) is 0 Å². The Kier molecular flexibility index (Phi) is 7.32. The summed E-state index contributed by atoms with van der Waals surface area (Å²) in [6.45, 7) is 5.36. The van der Waals surface area contributed by atoms with E-state index in [0.29, 0.717) is 54.5 Å². The lowest BCUT2D eigenvalue weighted by Gasteiger charge is -2.47. The number of benzene rings is 2. The third-order valence-corrected chi connectivity index (χ3v) is 8.58. The molecule has 5 rings (SSSR count). The van der Waals surface area contributed by atoms with Crippen LogP contribution in [0.1, 0.15) is 60.8 Å². The monoisotopic (exact) mass is 523 g/mol. The number of rotatable bonds is 6. The summed E-state index contributed by atoms with van der Waals surface area (Å²) >= 11 is 5.96. The van der Waals surface area contributed by atoms with Gasteiger partial charge in [-0.15, -0.1) is 0 Å². The summed E-state index contributed by atoms with van der Waals surface area (Å²) in [7, 11) is 0. The number of fused-ring (bicyclic) bond motifs is 2. The minimum atomic E-state index is -0.611. The predicted octanol–water partition coefficient (Wildman–Crippen LogP) is 5.73. The molecular weight excluding hydrogens is 490 g/mol. The Hall–Kier alpha value is -2.83. The molecule has 37 heavy (non-hydrogen) atoms. The number of carbonyl (C=O) groups excluding carboxylic acids is 1. The van der Waals surface area contributed by atoms with Gasteiger partial charge >= 0.3 is 5.63 Å². The van der Waals surface area contributed by atoms with E-state index in [0.717, 1.165) is 47.8 Å². The molecule has 1 saturated heterocycles. The maximum Gasteiger partial charge on any atom is 0.339 e. The van der Waals surface area contributed by atoms with Crippen molar-refractivity contribution in [3.05, 3.63) is 74.1 Å². The van der Waals surface area contributed by atoms with Crippen LogP contribution in [-0.2, 0) is 17.8 Å². The zero-order chi connectivity index (χ0) is 26.2. The van der Waals surface area contributed by atoms with Gasteiger partial charge in [-0.25, -0.2) is 4.79 Å². The lowest BCUT2D eigenvalue weighted by Crippen LogP contribution is -2.54. The topological polar surface area (TPSA) is 80.0 Å². The minimum Gasteiger partial charge on any atom is -0.488 e. The molecular formula is C30H34ClNO5. The van der Waals surface area contributed by atoms with E-state index in [9.17, 15) is 14.7 Å². The standard InChI is InChI=1S/C30H34ClNO5/c1-19-24-10-12-26(36-18-21-6-8-23(31)9-7-21)20(2)28(24)37-29(34)25(19)11-13-27(33)32-16-15-30(35)14-4-3-5-22(30)17-32/h6-10,12,22,35H,3-5,11,13-18H2,1-2H3/t22-,30-/m1/s1. The van der Waals surface area contributed by atoms with Crippen molar-refractivity contribution in [1.29, 1.82) is 0 Å². The average Bonchev–Trinajstić information content (AvgIpc) is 2.89. The molecule has 2 heterocycles. The smallest absolute Gasteiger partial charge is 0.339 e. The summed E-state index contributed by atoms with van der Waals surface area (Å²) in [5, 5.41) is 12.4. The third-order valence-electron chi connectivity index (χ3n) is 8.33. The van der Waals surface area contributed by atoms with Gasteiger partial charge in [-0.05, 0) is 74.9 Å². The predicted molar refractivity (Wildman–Crippen MR) is 144 cm³/mol. The second kappa shape index (κ2) is 10.5. The number of ether oxygens (including phenoxy) is 1. The van der Waals surface area contributed by atoms with Crippen LogP contribution in [0.3, 0.4) is 0 Å². The maximum atomic E-state index is 13.0. The molecule has 1 N–H and O–H groups in total. The number of halogens is 1. The molecule has 3 aromatic rings. The number of carbonyl (C=O) groups is 1. The molecule has 2 fully saturated rings. The normalized spacial score (nSPS) is 21.6. The summed E-state index contributed by atoms with van der Waals surface area (Å²) in [5.41, 5.74) is 2.63. The first-order valence-electron chi connectivity index (χ1n) is 13.2. The first-order valence-corrected chi connectivity index (χ1v) is 13.6. The van der Waals surface area contributed by atoms with Crippen LogP contribution in [-0.4, -0.2) is 34.6 Å². The van der Waals surface area contributed by atoms with Crippen LogP contribution in [0.2, 0.25) is 5.02 Å². The van der Waals surface area contributed by atoms with Crippen LogP contribution in [0.25, 0.3) is 11.0 Å². The summed E-state index contributed by atoms with van der Waals surface area (Å²) < 4.78 is 11.8. The molecule has 0 radical (unpaired) electrons. The molecule has 2 atom stereocenters. The van der Waals surface area contributed by atoms with E-state index in [1.54, 1.807) is 0 Å². The van der Waals surface area contributed by atoms with Crippen molar-refractivity contribution in [1.82, 2.24) is 4.90 Å². The van der Waals surface area contributed by atoms with Crippen molar-refractivity contribution < 1.29 is 19.1 Å². The molecule has 7 heteroatoms. The van der Waals surface area contributed by atoms with Crippen LogP contribution < -0.4 is 10.4 Å². The Morgan fingerprint density at radius 2 is 1.92 bits per heavy atom. The zero-order valence-corrected chi connectivity index (χ0v) is 22.3. The van der Waals surface area contributed by atoms with Crippen LogP contribution in [0.15, 0.2) is 45.6 Å². The summed E-state index contributed by atoms with van der Waals surface area (Å²) in [6.07, 6.45) is 5.21. The highest BCUT2D eigenvalue weighted by molar-refractivity contribution is 6.30. The van der Waals surface area contributed by atoms with Crippen molar-refractivity contribution in [2.24, 2.45) is 5.92 Å². The van der Waals surface area contributed by atoms with Gasteiger partial charge < -0.3 is 19.2 Å². The van der Waals surface area contributed by atoms with Gasteiger partial charge in [-0.2, -0.15) is 0 Å². The van der Waals surface area contributed by atoms with Crippen LogP contribution >= 0.6 is 11.6 Å². The van der Waals surface area contributed by atoms with Crippen LogP contribution in [0, 0.1) is 19.8 Å². The molecule has 1 aliphatic heterocycles. The zero-order valence-electron chi connectivity index (χ0n) is 21.5. The highest BCUT2D eigenvalue weighted by atomic mass is 35.5. The summed E-state index contributed by atoms with van der Waals surface area (Å²) in [6, 6.07) is 11.3. The highest BCUT2D eigenvalue weighted by Gasteiger charge is 2.43. The fraction of sp³-hybridized carbons (Fsp3) is 0.467. The van der Waals surface area contributed by atoms with E-state index in [-0.39, 0.29) is 18.2 Å². The molecule has 0 spiro atoms. The van der Waals surface area contributed by atoms with E-state index in [1.807, 2.05) is 55.1 Å². The molecule has 0 bridgehead atoms. The second-order valence-electron chi connectivity index (χ2n) is 10.6. The van der Waals surface area contributed by atoms with Crippen molar-refractivity contribution in [2.75, 3.05) is 13.1 Å². The molecule has 1 saturated carbocycles. The maximum absolute atomic E-state index is 13.0. The summed E-state index contributed by atoms with van der Waals surface area (Å²) in [4.78, 5) is 27.9. The van der Waals surface area contributed by atoms with Crippen LogP contribution in [0.4, 0.5) is 0 Å². The number of hydrogen-bond donors (Lipinski definition) is 1. The summed E-state index contributed by atoms with van der Waals surface area (Å²) in [5.74, 6) is 0.847. The van der Waals surface area contributed by atoms with E-state index in [4.69, 9.17) is 20.8 Å². The van der Waals surface area contributed by atoms with Crippen LogP contribution in [0.5, 0.6) is 5.75 Å². The molecule has 1 aromatic heterocycles. The Morgan fingerprint density at radius 3 is 2.70 bits per heavy atom. The quantitative estimate of drug-likeness (QED) is 0.417. The van der Waals surface area contributed by atoms with Gasteiger partial charge in [0.25, 0.3) is 0 Å². The van der Waals surface area contributed by atoms with Gasteiger partial charge in [-0.1, -0.05) is 36.6 Å². The second-order valence-corrected chi connectivity index (χ2v) is 11.0. The van der Waals surface area contributed by atoms with Gasteiger partial charge in [0.2, 0.25) is 5.91 Å². The number of amides is 1. The Labute approximate surface area is 222 Å². The average molecular weight is 524 g/mol. The molecule has 196 valence electrons. The number of piperidine rings is 1. The lowest BCUT2D eigenvalue weighted by molar-refractivity contribution is -0.143. The Balaban J connectivity index is 1.28. The highest BCUT2D eigenvalue weighted by Crippen LogP contribution is 2.40. The fourth-order valence-electron chi connectivity index (χ4n) is 5.95. The first-order chi connectivity index (χ1) is 17.7. The van der Waals surface area contributed by atoms with Gasteiger partial charge in [0.1, 0.15) is 17.9 Å². The minimum absolute atomic E-state index is 0.0358. The van der Waals surface area contributed by atoms with E-state index >= 15 is 0 Å². The molecule has 0 unspecified atom stereocenters. The largest absolute Gasteiger partial charge is 0.488 e. The van der Waals surface area contributed by atoms with Gasteiger partial charge in [0, 0.05) is 47.0 Å². The number of aryl methyl sites for hydroxylation is 2. The Morgan fingerprint density at radius 1 is 1.14 bits per heavy atom. The fourth-order valence-corrected chi connectivity index (χ4v) is 6.07. The van der Waals surface area contributed by atoms with Crippen molar-refractivity contribution in [3.63, 3.8) is 0 Å². The Bertz CT molecular complexity index is 1370. The molecule has 2 aliphatic rings. The van der Waals surface area contributed by atoms with E-state index < -0.39 is 11.2 Å². The third kappa shape index (κ3) is 5.27. The van der Waals surface area contributed by atoms with Crippen molar-refractivity contribution in [3.8, 4) is 5.75 Å². The van der Waals surface area contributed by atoms with Gasteiger partial charge in [-0.3, -0.25) is 4.79 Å². The number of nitrogens with zero attached hydrogens (tertiary/aromatic N) is 1. The molecule has 6 nitrogen and oxygen atoms in total. The lowest BCUT2D eigenvalue weighted by atomic mass is 9.71. The van der Waals surface area contributed by atoms with Gasteiger partial charge in [0.15, 0.2) is 0 Å². The number of likely N-dealkylation sites (tertiary alicyclic amines) is 1. The molecule has 1 amide bonds. The SMILES string of the molecule is Cc1c(CCC(=O)N2CC[C@]3(O)CCCC[C@@H]3C2)c(=O)oc2c(C)c(OCc3ccc(Cl)cc3)ccc12. The number of aliphatic hydroxyl groups is 1. The molecule has 2 aromatic carbocycles. The van der Waals surface area contributed by atoms with Crippen molar-refractivity contribution >= 4 is 28.5 Å². The number of hydrogen-bond acceptors (Lipinski definition) is 5. The first kappa shape index (κ1) is 25.8. The van der Waals surface area contributed by atoms with Gasteiger partial charge in [0.05, 0.1) is 5.60 Å².